The Bertz CT molecular complexity index is 356. The maximum Gasteiger partial charge on any atom is 0.166 e. The summed E-state index contributed by atoms with van der Waals surface area (Å²) in [7, 11) is 0. The Hall–Kier alpha value is -0.640. The van der Waals surface area contributed by atoms with Gasteiger partial charge < -0.3 is 5.32 Å². The summed E-state index contributed by atoms with van der Waals surface area (Å²) in [6.07, 6.45) is 5.05. The fourth-order valence-electron chi connectivity index (χ4n) is 2.05. The summed E-state index contributed by atoms with van der Waals surface area (Å²) >= 11 is 3.19. The van der Waals surface area contributed by atoms with E-state index in [0.29, 0.717) is 16.3 Å². The Morgan fingerprint density at radius 3 is 2.93 bits per heavy atom. The fraction of sp³-hybridized carbons (Fsp3) is 0.545. The van der Waals surface area contributed by atoms with Crippen LogP contribution in [0.4, 0.5) is 10.2 Å². The van der Waals surface area contributed by atoms with Crippen LogP contribution in [-0.4, -0.2) is 11.0 Å². The van der Waals surface area contributed by atoms with Gasteiger partial charge in [0.15, 0.2) is 11.6 Å². The first kappa shape index (κ1) is 10.9. The van der Waals surface area contributed by atoms with Crippen molar-refractivity contribution in [3.63, 3.8) is 0 Å². The summed E-state index contributed by atoms with van der Waals surface area (Å²) in [4.78, 5) is 4.03. The molecule has 1 N–H and O–H groups in total. The third-order valence-electron chi connectivity index (χ3n) is 2.84. The van der Waals surface area contributed by atoms with Crippen molar-refractivity contribution in [1.82, 2.24) is 4.98 Å². The van der Waals surface area contributed by atoms with Crippen LogP contribution in [0.15, 0.2) is 16.7 Å². The van der Waals surface area contributed by atoms with Gasteiger partial charge in [-0.3, -0.25) is 0 Å². The van der Waals surface area contributed by atoms with Gasteiger partial charge in [0.05, 0.1) is 0 Å². The Labute approximate surface area is 97.4 Å². The second-order valence-corrected chi connectivity index (χ2v) is 5.16. The van der Waals surface area contributed by atoms with E-state index in [1.807, 2.05) is 0 Å². The van der Waals surface area contributed by atoms with Gasteiger partial charge in [-0.05, 0) is 47.2 Å². The molecule has 2 nitrogen and oxygen atoms in total. The summed E-state index contributed by atoms with van der Waals surface area (Å²) < 4.78 is 14.1. The Kier molecular flexibility index (Phi) is 3.24. The van der Waals surface area contributed by atoms with Crippen LogP contribution in [0.2, 0.25) is 0 Å². The zero-order chi connectivity index (χ0) is 10.8. The summed E-state index contributed by atoms with van der Waals surface area (Å²) in [5.74, 6) is 0.822. The van der Waals surface area contributed by atoms with Crippen molar-refractivity contribution in [3.8, 4) is 0 Å². The molecule has 1 aromatic heterocycles. The molecule has 1 aliphatic rings. The van der Waals surface area contributed by atoms with Crippen molar-refractivity contribution in [1.29, 1.82) is 0 Å². The van der Waals surface area contributed by atoms with E-state index in [-0.39, 0.29) is 5.82 Å². The maximum atomic E-state index is 13.4. The first-order valence-electron chi connectivity index (χ1n) is 5.22. The zero-order valence-electron chi connectivity index (χ0n) is 8.63. The van der Waals surface area contributed by atoms with Crippen LogP contribution in [0.5, 0.6) is 0 Å². The van der Waals surface area contributed by atoms with Crippen molar-refractivity contribution in [2.45, 2.75) is 32.2 Å². The minimum absolute atomic E-state index is 0.288. The highest BCUT2D eigenvalue weighted by Crippen LogP contribution is 2.28. The molecule has 1 aromatic rings. The van der Waals surface area contributed by atoms with Crippen molar-refractivity contribution in [2.24, 2.45) is 5.92 Å². The van der Waals surface area contributed by atoms with Crippen molar-refractivity contribution in [2.75, 3.05) is 5.32 Å². The van der Waals surface area contributed by atoms with Gasteiger partial charge in [-0.1, -0.05) is 6.92 Å². The summed E-state index contributed by atoms with van der Waals surface area (Å²) in [5.41, 5.74) is 0. The standard InChI is InChI=1S/C11H14BrFN2/c1-7-2-3-9(4-7)15-11-10(13)5-8(12)6-14-11/h5-7,9H,2-4H2,1H3,(H,14,15). The summed E-state index contributed by atoms with van der Waals surface area (Å²) in [6.45, 7) is 2.23. The molecule has 0 spiro atoms. The summed E-state index contributed by atoms with van der Waals surface area (Å²) in [5, 5.41) is 3.16. The number of nitrogens with one attached hydrogen (secondary N) is 1. The molecule has 15 heavy (non-hydrogen) atoms. The number of hydrogen-bond donors (Lipinski definition) is 1. The highest BCUT2D eigenvalue weighted by atomic mass is 79.9. The minimum atomic E-state index is -0.288. The lowest BCUT2D eigenvalue weighted by Crippen LogP contribution is -2.17. The largest absolute Gasteiger partial charge is 0.365 e. The number of nitrogens with zero attached hydrogens (tertiary/aromatic N) is 1. The van der Waals surface area contributed by atoms with Gasteiger partial charge in [-0.25, -0.2) is 9.37 Å². The second-order valence-electron chi connectivity index (χ2n) is 4.24. The number of rotatable bonds is 2. The zero-order valence-corrected chi connectivity index (χ0v) is 10.2. The lowest BCUT2D eigenvalue weighted by atomic mass is 10.1. The minimum Gasteiger partial charge on any atom is -0.365 e. The molecule has 1 heterocycles. The molecule has 0 aliphatic heterocycles. The van der Waals surface area contributed by atoms with Crippen LogP contribution >= 0.6 is 15.9 Å². The quantitative estimate of drug-likeness (QED) is 0.890. The smallest absolute Gasteiger partial charge is 0.166 e. The van der Waals surface area contributed by atoms with Gasteiger partial charge >= 0.3 is 0 Å². The van der Waals surface area contributed by atoms with E-state index in [1.165, 1.54) is 12.5 Å². The second kappa shape index (κ2) is 4.47. The first-order valence-corrected chi connectivity index (χ1v) is 6.02. The van der Waals surface area contributed by atoms with Gasteiger partial charge in [0.25, 0.3) is 0 Å². The molecule has 2 rings (SSSR count). The Balaban J connectivity index is 2.04. The van der Waals surface area contributed by atoms with Crippen LogP contribution in [-0.2, 0) is 0 Å². The highest BCUT2D eigenvalue weighted by molar-refractivity contribution is 9.10. The van der Waals surface area contributed by atoms with Gasteiger partial charge in [-0.15, -0.1) is 0 Å². The van der Waals surface area contributed by atoms with Crippen LogP contribution < -0.4 is 5.32 Å². The van der Waals surface area contributed by atoms with E-state index < -0.39 is 0 Å². The maximum absolute atomic E-state index is 13.4. The van der Waals surface area contributed by atoms with Gasteiger partial charge in [0, 0.05) is 16.7 Å². The monoisotopic (exact) mass is 272 g/mol. The molecule has 0 saturated heterocycles. The molecular formula is C11H14BrFN2. The van der Waals surface area contributed by atoms with E-state index in [1.54, 1.807) is 6.20 Å². The van der Waals surface area contributed by atoms with Gasteiger partial charge in [-0.2, -0.15) is 0 Å². The van der Waals surface area contributed by atoms with Crippen LogP contribution in [0.1, 0.15) is 26.2 Å². The molecule has 0 aromatic carbocycles. The van der Waals surface area contributed by atoms with E-state index in [4.69, 9.17) is 0 Å². The SMILES string of the molecule is CC1CCC(Nc2ncc(Br)cc2F)C1. The third kappa shape index (κ3) is 2.68. The topological polar surface area (TPSA) is 24.9 Å². The normalized spacial score (nSPS) is 25.5. The molecule has 0 bridgehead atoms. The molecule has 2 unspecified atom stereocenters. The van der Waals surface area contributed by atoms with Gasteiger partial charge in [0.2, 0.25) is 0 Å². The fourth-order valence-corrected chi connectivity index (χ4v) is 2.36. The molecule has 1 saturated carbocycles. The molecule has 0 radical (unpaired) electrons. The molecule has 4 heteroatoms. The number of halogens is 2. The molecule has 82 valence electrons. The number of pyridine rings is 1. The van der Waals surface area contributed by atoms with Crippen LogP contribution in [0.3, 0.4) is 0 Å². The van der Waals surface area contributed by atoms with Crippen LogP contribution in [0.25, 0.3) is 0 Å². The van der Waals surface area contributed by atoms with Crippen molar-refractivity contribution < 1.29 is 4.39 Å². The average molecular weight is 273 g/mol. The summed E-state index contributed by atoms with van der Waals surface area (Å²) in [6, 6.07) is 1.82. The van der Waals surface area contributed by atoms with E-state index in [9.17, 15) is 4.39 Å². The first-order chi connectivity index (χ1) is 7.15. The number of aromatic nitrogens is 1. The lowest BCUT2D eigenvalue weighted by Gasteiger charge is -2.13. The van der Waals surface area contributed by atoms with E-state index in [0.717, 1.165) is 18.8 Å². The lowest BCUT2D eigenvalue weighted by molar-refractivity contribution is 0.594. The van der Waals surface area contributed by atoms with Crippen molar-refractivity contribution in [3.05, 3.63) is 22.6 Å². The van der Waals surface area contributed by atoms with E-state index in [2.05, 4.69) is 33.2 Å². The Morgan fingerprint density at radius 1 is 1.53 bits per heavy atom. The van der Waals surface area contributed by atoms with Gasteiger partial charge in [0.1, 0.15) is 0 Å². The predicted octanol–water partition coefficient (Wildman–Crippen LogP) is 3.58. The molecule has 2 atom stereocenters. The predicted molar refractivity (Wildman–Crippen MR) is 62.3 cm³/mol. The average Bonchev–Trinajstić information content (AvgIpc) is 2.56. The molecule has 1 aliphatic carbocycles. The Morgan fingerprint density at radius 2 is 2.33 bits per heavy atom. The van der Waals surface area contributed by atoms with Crippen LogP contribution in [0, 0.1) is 11.7 Å². The molecular weight excluding hydrogens is 259 g/mol. The van der Waals surface area contributed by atoms with Crippen molar-refractivity contribution >= 4 is 21.7 Å². The number of hydrogen-bond acceptors (Lipinski definition) is 2. The highest BCUT2D eigenvalue weighted by Gasteiger charge is 2.22. The number of anilines is 1. The van der Waals surface area contributed by atoms with E-state index >= 15 is 0 Å². The molecule has 1 fully saturated rings. The third-order valence-corrected chi connectivity index (χ3v) is 3.28. The molecule has 0 amide bonds.